The molecule has 3 heteroatoms. The summed E-state index contributed by atoms with van der Waals surface area (Å²) >= 11 is 0. The summed E-state index contributed by atoms with van der Waals surface area (Å²) in [6.45, 7) is 8.14. The Hall–Kier alpha value is -0.120. The Kier molecular flexibility index (Phi) is 9.54. The van der Waals surface area contributed by atoms with Crippen LogP contribution in [0.3, 0.4) is 0 Å². The third-order valence-electron chi connectivity index (χ3n) is 3.46. The first kappa shape index (κ1) is 15.9. The summed E-state index contributed by atoms with van der Waals surface area (Å²) in [5.41, 5.74) is 0. The lowest BCUT2D eigenvalue weighted by Gasteiger charge is -2.25. The zero-order chi connectivity index (χ0) is 13.1. The summed E-state index contributed by atoms with van der Waals surface area (Å²) in [6, 6.07) is 0.502. The number of hydrogen-bond donors (Lipinski definition) is 1. The molecule has 0 aromatic rings. The van der Waals surface area contributed by atoms with E-state index >= 15 is 0 Å². The largest absolute Gasteiger partial charge is 0.380 e. The van der Waals surface area contributed by atoms with E-state index in [0.717, 1.165) is 32.8 Å². The van der Waals surface area contributed by atoms with Crippen LogP contribution in [0.15, 0.2) is 0 Å². The van der Waals surface area contributed by atoms with Crippen LogP contribution in [0.2, 0.25) is 0 Å². The van der Waals surface area contributed by atoms with Crippen LogP contribution in [0.4, 0.5) is 0 Å². The first-order chi connectivity index (χ1) is 8.86. The van der Waals surface area contributed by atoms with Crippen molar-refractivity contribution >= 4 is 0 Å². The second kappa shape index (κ2) is 10.8. The highest BCUT2D eigenvalue weighted by molar-refractivity contribution is 4.71. The lowest BCUT2D eigenvalue weighted by Crippen LogP contribution is -2.35. The molecule has 0 aliphatic carbocycles. The van der Waals surface area contributed by atoms with E-state index in [9.17, 15) is 0 Å². The Morgan fingerprint density at radius 2 is 2.17 bits per heavy atom. The van der Waals surface area contributed by atoms with E-state index in [1.54, 1.807) is 0 Å². The minimum Gasteiger partial charge on any atom is -0.380 e. The molecule has 0 saturated carbocycles. The zero-order valence-corrected chi connectivity index (χ0v) is 12.2. The van der Waals surface area contributed by atoms with Crippen LogP contribution < -0.4 is 5.32 Å². The van der Waals surface area contributed by atoms with Gasteiger partial charge in [-0.2, -0.15) is 0 Å². The van der Waals surface area contributed by atoms with Crippen molar-refractivity contribution in [2.45, 2.75) is 70.9 Å². The number of rotatable bonds is 10. The predicted octanol–water partition coefficient (Wildman–Crippen LogP) is 3.13. The van der Waals surface area contributed by atoms with Gasteiger partial charge in [-0.25, -0.2) is 0 Å². The molecule has 1 heterocycles. The van der Waals surface area contributed by atoms with Gasteiger partial charge in [-0.05, 0) is 51.5 Å². The van der Waals surface area contributed by atoms with Gasteiger partial charge in [0.25, 0.3) is 0 Å². The normalized spacial score (nSPS) is 22.0. The minimum absolute atomic E-state index is 0.496. The maximum Gasteiger partial charge on any atom is 0.0619 e. The predicted molar refractivity (Wildman–Crippen MR) is 76.0 cm³/mol. The topological polar surface area (TPSA) is 30.5 Å². The van der Waals surface area contributed by atoms with Gasteiger partial charge < -0.3 is 14.8 Å². The van der Waals surface area contributed by atoms with Gasteiger partial charge in [-0.15, -0.1) is 0 Å². The Morgan fingerprint density at radius 1 is 1.28 bits per heavy atom. The van der Waals surface area contributed by atoms with Gasteiger partial charge in [-0.3, -0.25) is 0 Å². The molecule has 0 aromatic heterocycles. The quantitative estimate of drug-likeness (QED) is 0.610. The first-order valence-electron chi connectivity index (χ1n) is 7.79. The molecule has 2 atom stereocenters. The highest BCUT2D eigenvalue weighted by Gasteiger charge is 2.16. The van der Waals surface area contributed by atoms with Crippen LogP contribution in [-0.4, -0.2) is 38.5 Å². The van der Waals surface area contributed by atoms with Gasteiger partial charge in [-0.1, -0.05) is 13.8 Å². The molecular formula is C15H31NO2. The smallest absolute Gasteiger partial charge is 0.0619 e. The van der Waals surface area contributed by atoms with E-state index in [0.29, 0.717) is 12.1 Å². The standard InChI is InChI=1S/C15H31NO2/c1-3-10-16-14(13-17-11-4-2)8-9-15-7-5-6-12-18-15/h14-16H,3-13H2,1-2H3. The Balaban J connectivity index is 2.16. The molecule has 0 bridgehead atoms. The Labute approximate surface area is 113 Å². The third-order valence-corrected chi connectivity index (χ3v) is 3.46. The summed E-state index contributed by atoms with van der Waals surface area (Å²) in [4.78, 5) is 0. The van der Waals surface area contributed by atoms with Gasteiger partial charge in [0, 0.05) is 19.3 Å². The van der Waals surface area contributed by atoms with Crippen molar-refractivity contribution in [1.29, 1.82) is 0 Å². The second-order valence-electron chi connectivity index (χ2n) is 5.29. The molecule has 1 saturated heterocycles. The van der Waals surface area contributed by atoms with E-state index in [1.807, 2.05) is 0 Å². The fourth-order valence-corrected chi connectivity index (χ4v) is 2.38. The summed E-state index contributed by atoms with van der Waals surface area (Å²) in [7, 11) is 0. The molecule has 0 aromatic carbocycles. The highest BCUT2D eigenvalue weighted by Crippen LogP contribution is 2.17. The van der Waals surface area contributed by atoms with Crippen LogP contribution in [-0.2, 0) is 9.47 Å². The average molecular weight is 257 g/mol. The summed E-state index contributed by atoms with van der Waals surface area (Å²) < 4.78 is 11.5. The molecule has 108 valence electrons. The maximum atomic E-state index is 5.79. The molecule has 0 amide bonds. The van der Waals surface area contributed by atoms with E-state index in [2.05, 4.69) is 19.2 Å². The van der Waals surface area contributed by atoms with E-state index in [1.165, 1.54) is 38.5 Å². The van der Waals surface area contributed by atoms with E-state index < -0.39 is 0 Å². The zero-order valence-electron chi connectivity index (χ0n) is 12.2. The Bertz CT molecular complexity index is 181. The van der Waals surface area contributed by atoms with E-state index in [4.69, 9.17) is 9.47 Å². The summed E-state index contributed by atoms with van der Waals surface area (Å²) in [5.74, 6) is 0. The van der Waals surface area contributed by atoms with Crippen molar-refractivity contribution in [3.8, 4) is 0 Å². The molecule has 1 rings (SSSR count). The van der Waals surface area contributed by atoms with Crippen LogP contribution in [0.5, 0.6) is 0 Å². The first-order valence-corrected chi connectivity index (χ1v) is 7.79. The van der Waals surface area contributed by atoms with E-state index in [-0.39, 0.29) is 0 Å². The van der Waals surface area contributed by atoms with Crippen molar-refractivity contribution in [3.05, 3.63) is 0 Å². The van der Waals surface area contributed by atoms with Crippen molar-refractivity contribution in [2.75, 3.05) is 26.4 Å². The molecule has 1 aliphatic heterocycles. The molecule has 1 fully saturated rings. The number of ether oxygens (including phenoxy) is 2. The summed E-state index contributed by atoms with van der Waals surface area (Å²) in [6.07, 6.45) is 8.96. The Morgan fingerprint density at radius 3 is 2.83 bits per heavy atom. The van der Waals surface area contributed by atoms with Crippen LogP contribution >= 0.6 is 0 Å². The van der Waals surface area contributed by atoms with Crippen molar-refractivity contribution in [1.82, 2.24) is 5.32 Å². The second-order valence-corrected chi connectivity index (χ2v) is 5.29. The molecule has 0 spiro atoms. The molecule has 1 aliphatic rings. The molecule has 18 heavy (non-hydrogen) atoms. The molecule has 3 nitrogen and oxygen atoms in total. The third kappa shape index (κ3) is 7.34. The van der Waals surface area contributed by atoms with Crippen molar-refractivity contribution in [3.63, 3.8) is 0 Å². The fourth-order valence-electron chi connectivity index (χ4n) is 2.38. The number of hydrogen-bond acceptors (Lipinski definition) is 3. The van der Waals surface area contributed by atoms with Gasteiger partial charge in [0.1, 0.15) is 0 Å². The van der Waals surface area contributed by atoms with Crippen LogP contribution in [0.25, 0.3) is 0 Å². The molecule has 0 radical (unpaired) electrons. The fraction of sp³-hybridized carbons (Fsp3) is 1.00. The van der Waals surface area contributed by atoms with Gasteiger partial charge in [0.15, 0.2) is 0 Å². The van der Waals surface area contributed by atoms with Gasteiger partial charge >= 0.3 is 0 Å². The van der Waals surface area contributed by atoms with Crippen molar-refractivity contribution in [2.24, 2.45) is 0 Å². The number of nitrogens with one attached hydrogen (secondary N) is 1. The van der Waals surface area contributed by atoms with Crippen LogP contribution in [0, 0.1) is 0 Å². The molecular weight excluding hydrogens is 226 g/mol. The molecule has 2 unspecified atom stereocenters. The highest BCUT2D eigenvalue weighted by atomic mass is 16.5. The monoisotopic (exact) mass is 257 g/mol. The molecule has 1 N–H and O–H groups in total. The lowest BCUT2D eigenvalue weighted by molar-refractivity contribution is 0.00604. The van der Waals surface area contributed by atoms with Crippen molar-refractivity contribution < 1.29 is 9.47 Å². The van der Waals surface area contributed by atoms with Crippen LogP contribution in [0.1, 0.15) is 58.8 Å². The maximum absolute atomic E-state index is 5.79. The van der Waals surface area contributed by atoms with Gasteiger partial charge in [0.2, 0.25) is 0 Å². The van der Waals surface area contributed by atoms with Gasteiger partial charge in [0.05, 0.1) is 12.7 Å². The minimum atomic E-state index is 0.496. The average Bonchev–Trinajstić information content (AvgIpc) is 2.42. The summed E-state index contributed by atoms with van der Waals surface area (Å²) in [5, 5.41) is 3.59. The lowest BCUT2D eigenvalue weighted by atomic mass is 10.0. The SMILES string of the molecule is CCCNC(CCC1CCCCO1)COCCC.